The molecule has 3 rings (SSSR count). The molecule has 3 N–H and O–H groups in total. The number of halogens is 1. The van der Waals surface area contributed by atoms with Crippen LogP contribution < -0.4 is 10.7 Å². The normalized spacial score (nSPS) is 10.8. The van der Waals surface area contributed by atoms with Gasteiger partial charge in [-0.3, -0.25) is 4.79 Å². The number of nitrogens with one attached hydrogen (secondary N) is 2. The van der Waals surface area contributed by atoms with Gasteiger partial charge in [0, 0.05) is 6.07 Å². The van der Waals surface area contributed by atoms with Gasteiger partial charge in [-0.2, -0.15) is 0 Å². The Kier molecular flexibility index (Phi) is 2.68. The molecule has 5 nitrogen and oxygen atoms in total. The van der Waals surface area contributed by atoms with Crippen molar-refractivity contribution in [2.24, 2.45) is 0 Å². The third-order valence-corrected chi connectivity index (χ3v) is 3.47. The molecule has 7 heteroatoms. The zero-order valence-electron chi connectivity index (χ0n) is 9.48. The van der Waals surface area contributed by atoms with Gasteiger partial charge in [0.05, 0.1) is 5.69 Å². The van der Waals surface area contributed by atoms with E-state index in [1.807, 2.05) is 0 Å². The molecule has 0 unspecified atom stereocenters. The minimum atomic E-state index is -0.407. The van der Waals surface area contributed by atoms with Crippen LogP contribution >= 0.6 is 11.3 Å². The number of fused-ring (bicyclic) bond motifs is 1. The Hall–Kier alpha value is -2.41. The van der Waals surface area contributed by atoms with Crippen molar-refractivity contribution in [3.63, 3.8) is 0 Å². The van der Waals surface area contributed by atoms with Crippen LogP contribution in [0.3, 0.4) is 0 Å². The Labute approximate surface area is 110 Å². The molecule has 1 aromatic carbocycles. The number of aromatic amines is 1. The first-order valence-corrected chi connectivity index (χ1v) is 6.19. The first kappa shape index (κ1) is 11.7. The number of para-hydroxylation sites is 1. The molecule has 0 atom stereocenters. The summed E-state index contributed by atoms with van der Waals surface area (Å²) in [5.41, 5.74) is 0.220. The molecule has 0 saturated carbocycles. The highest BCUT2D eigenvalue weighted by molar-refractivity contribution is 7.22. The van der Waals surface area contributed by atoms with Gasteiger partial charge < -0.3 is 15.4 Å². The van der Waals surface area contributed by atoms with Crippen molar-refractivity contribution in [3.05, 3.63) is 46.4 Å². The van der Waals surface area contributed by atoms with Gasteiger partial charge in [-0.1, -0.05) is 23.5 Å². The molecule has 0 radical (unpaired) electrons. The van der Waals surface area contributed by atoms with Crippen molar-refractivity contribution in [3.8, 4) is 5.88 Å². The Balaban J connectivity index is 2.05. The van der Waals surface area contributed by atoms with E-state index in [0.29, 0.717) is 9.83 Å². The molecular weight excluding hydrogens is 269 g/mol. The number of aromatic hydroxyl groups is 1. The number of nitrogens with zero attached hydrogens (tertiary/aromatic N) is 1. The van der Waals surface area contributed by atoms with Gasteiger partial charge in [-0.05, 0) is 12.1 Å². The fourth-order valence-corrected chi connectivity index (χ4v) is 2.49. The molecule has 0 aliphatic carbocycles. The van der Waals surface area contributed by atoms with Crippen LogP contribution in [0.2, 0.25) is 0 Å². The molecule has 0 aliphatic rings. The molecule has 0 spiro atoms. The van der Waals surface area contributed by atoms with Crippen LogP contribution in [-0.4, -0.2) is 15.1 Å². The maximum atomic E-state index is 13.5. The number of hydrogen-bond acceptors (Lipinski definition) is 5. The highest BCUT2D eigenvalue weighted by Crippen LogP contribution is 2.27. The minimum Gasteiger partial charge on any atom is -0.494 e. The van der Waals surface area contributed by atoms with Crippen molar-refractivity contribution in [2.75, 3.05) is 5.32 Å². The molecule has 19 heavy (non-hydrogen) atoms. The summed E-state index contributed by atoms with van der Waals surface area (Å²) in [7, 11) is 0. The van der Waals surface area contributed by atoms with Crippen molar-refractivity contribution in [1.29, 1.82) is 0 Å². The quantitative estimate of drug-likeness (QED) is 0.672. The van der Waals surface area contributed by atoms with Crippen LogP contribution in [0.5, 0.6) is 5.88 Å². The van der Waals surface area contributed by atoms with E-state index in [-0.39, 0.29) is 22.6 Å². The maximum absolute atomic E-state index is 13.5. The number of aromatic nitrogens is 2. The van der Waals surface area contributed by atoms with Crippen LogP contribution in [0.4, 0.5) is 15.2 Å². The fourth-order valence-electron chi connectivity index (χ4n) is 1.65. The summed E-state index contributed by atoms with van der Waals surface area (Å²) in [4.78, 5) is 18.3. The van der Waals surface area contributed by atoms with Crippen LogP contribution in [0.1, 0.15) is 0 Å². The van der Waals surface area contributed by atoms with Gasteiger partial charge in [0.2, 0.25) is 5.43 Å². The largest absolute Gasteiger partial charge is 0.494 e. The van der Waals surface area contributed by atoms with E-state index >= 15 is 0 Å². The van der Waals surface area contributed by atoms with E-state index < -0.39 is 5.82 Å². The molecular formula is C12H8FN3O2S. The summed E-state index contributed by atoms with van der Waals surface area (Å²) >= 11 is 1.09. The van der Waals surface area contributed by atoms with Crippen molar-refractivity contribution < 1.29 is 9.50 Å². The second-order valence-corrected chi connectivity index (χ2v) is 4.82. The summed E-state index contributed by atoms with van der Waals surface area (Å²) in [6, 6.07) is 7.25. The van der Waals surface area contributed by atoms with Crippen LogP contribution in [-0.2, 0) is 0 Å². The third kappa shape index (κ3) is 2.15. The Bertz CT molecular complexity index is 812. The number of thiazole rings is 1. The summed E-state index contributed by atoms with van der Waals surface area (Å²) in [6.07, 6.45) is 0. The molecule has 0 aliphatic heterocycles. The molecule has 0 amide bonds. The van der Waals surface area contributed by atoms with E-state index in [1.165, 1.54) is 6.07 Å². The van der Waals surface area contributed by atoms with E-state index in [0.717, 1.165) is 17.4 Å². The average Bonchev–Trinajstić information content (AvgIpc) is 2.75. The smallest absolute Gasteiger partial charge is 0.204 e. The number of anilines is 2. The van der Waals surface area contributed by atoms with E-state index in [1.54, 1.807) is 18.2 Å². The predicted molar refractivity (Wildman–Crippen MR) is 71.6 cm³/mol. The second-order valence-electron chi connectivity index (χ2n) is 3.82. The third-order valence-electron chi connectivity index (χ3n) is 2.48. The molecule has 0 saturated heterocycles. The van der Waals surface area contributed by atoms with Gasteiger partial charge in [-0.15, -0.1) is 0 Å². The zero-order valence-corrected chi connectivity index (χ0v) is 10.3. The lowest BCUT2D eigenvalue weighted by atomic mass is 10.3. The van der Waals surface area contributed by atoms with Gasteiger partial charge in [0.15, 0.2) is 16.7 Å². The zero-order chi connectivity index (χ0) is 13.4. The summed E-state index contributed by atoms with van der Waals surface area (Å²) in [6.45, 7) is 0. The summed E-state index contributed by atoms with van der Waals surface area (Å²) in [5, 5.41) is 12.5. The summed E-state index contributed by atoms with van der Waals surface area (Å²) < 4.78 is 13.9. The standard InChI is InChI=1S/C12H8FN3O2S/c13-6-3-1-2-4-7(6)14-12-16-11-10(19-12)8(17)5-9(18)15-11/h1-5H,(H3,14,15,16,17,18). The van der Waals surface area contributed by atoms with Gasteiger partial charge in [-0.25, -0.2) is 9.37 Å². The molecule has 3 aromatic rings. The Morgan fingerprint density at radius 2 is 2.16 bits per heavy atom. The maximum Gasteiger partial charge on any atom is 0.204 e. The van der Waals surface area contributed by atoms with Crippen molar-refractivity contribution in [1.82, 2.24) is 9.97 Å². The summed E-state index contributed by atoms with van der Waals surface area (Å²) in [5.74, 6) is -0.656. The molecule has 2 heterocycles. The first-order valence-electron chi connectivity index (χ1n) is 5.38. The van der Waals surface area contributed by atoms with Crippen LogP contribution in [0, 0.1) is 5.82 Å². The molecule has 0 bridgehead atoms. The predicted octanol–water partition coefficient (Wildman–Crippen LogP) is 2.57. The minimum absolute atomic E-state index is 0.250. The number of pyridine rings is 1. The van der Waals surface area contributed by atoms with Crippen LogP contribution in [0.15, 0.2) is 35.1 Å². The van der Waals surface area contributed by atoms with Gasteiger partial charge in [0.1, 0.15) is 10.5 Å². The SMILES string of the molecule is O=c1cc(O)[nH]c2nc(Nc3ccccc3F)sc12. The number of benzene rings is 1. The second kappa shape index (κ2) is 4.36. The highest BCUT2D eigenvalue weighted by Gasteiger charge is 2.10. The number of H-pyrrole nitrogens is 1. The topological polar surface area (TPSA) is 78.0 Å². The Morgan fingerprint density at radius 1 is 1.37 bits per heavy atom. The van der Waals surface area contributed by atoms with Crippen molar-refractivity contribution in [2.45, 2.75) is 0 Å². The lowest BCUT2D eigenvalue weighted by Gasteiger charge is -2.02. The monoisotopic (exact) mass is 277 g/mol. The van der Waals surface area contributed by atoms with Crippen LogP contribution in [0.25, 0.3) is 10.3 Å². The number of rotatable bonds is 2. The Morgan fingerprint density at radius 3 is 2.95 bits per heavy atom. The lowest BCUT2D eigenvalue weighted by molar-refractivity contribution is 0.455. The molecule has 2 aromatic heterocycles. The van der Waals surface area contributed by atoms with E-state index in [4.69, 9.17) is 0 Å². The van der Waals surface area contributed by atoms with E-state index in [2.05, 4.69) is 15.3 Å². The average molecular weight is 277 g/mol. The number of hydrogen-bond donors (Lipinski definition) is 3. The fraction of sp³-hybridized carbons (Fsp3) is 0. The molecule has 0 fully saturated rings. The van der Waals surface area contributed by atoms with Gasteiger partial charge in [0.25, 0.3) is 0 Å². The van der Waals surface area contributed by atoms with Gasteiger partial charge >= 0.3 is 0 Å². The van der Waals surface area contributed by atoms with E-state index in [9.17, 15) is 14.3 Å². The lowest BCUT2D eigenvalue weighted by Crippen LogP contribution is -1.97. The van der Waals surface area contributed by atoms with Crippen molar-refractivity contribution >= 4 is 32.5 Å². The first-order chi connectivity index (χ1) is 9.13. The molecule has 96 valence electrons. The highest BCUT2D eigenvalue weighted by atomic mass is 32.1.